The number of anilines is 1. The first-order valence-corrected chi connectivity index (χ1v) is 9.16. The summed E-state index contributed by atoms with van der Waals surface area (Å²) in [6.07, 6.45) is 1.14. The lowest BCUT2D eigenvalue weighted by molar-refractivity contribution is -0.126. The van der Waals surface area contributed by atoms with Gasteiger partial charge in [0.2, 0.25) is 5.91 Å². The number of primary amides is 1. The normalized spacial score (nSPS) is 20.8. The molecule has 150 valence electrons. The fraction of sp³-hybridized carbons (Fsp3) is 0.474. The van der Waals surface area contributed by atoms with Crippen LogP contribution in [-0.4, -0.2) is 53.5 Å². The number of nitrogens with two attached hydrogens (primary N) is 1. The predicted molar refractivity (Wildman–Crippen MR) is 96.8 cm³/mol. The molecule has 1 fully saturated rings. The van der Waals surface area contributed by atoms with Crippen molar-refractivity contribution >= 4 is 30.1 Å². The molecule has 0 radical (unpaired) electrons. The highest BCUT2D eigenvalue weighted by molar-refractivity contribution is 6.02. The van der Waals surface area contributed by atoms with Crippen molar-refractivity contribution in [2.45, 2.75) is 38.0 Å². The van der Waals surface area contributed by atoms with Crippen molar-refractivity contribution in [3.05, 3.63) is 29.1 Å². The Morgan fingerprint density at radius 3 is 2.57 bits per heavy atom. The molecule has 2 unspecified atom stereocenters. The van der Waals surface area contributed by atoms with Crippen molar-refractivity contribution < 1.29 is 28.7 Å². The molecule has 1 aromatic carbocycles. The molecule has 0 bridgehead atoms. The number of fused-ring (bicyclic) bond motifs is 1. The Labute approximate surface area is 161 Å². The zero-order chi connectivity index (χ0) is 20.4. The highest BCUT2D eigenvalue weighted by atomic mass is 19.1. The second kappa shape index (κ2) is 8.05. The highest BCUT2D eigenvalue weighted by Crippen LogP contribution is 2.38. The maximum absolute atomic E-state index is 14.7. The summed E-state index contributed by atoms with van der Waals surface area (Å²) in [6, 6.07) is 1.29. The number of nitrogens with zero attached hydrogens (tertiary/aromatic N) is 2. The van der Waals surface area contributed by atoms with E-state index < -0.39 is 29.9 Å². The Morgan fingerprint density at radius 2 is 2.00 bits per heavy atom. The lowest BCUT2D eigenvalue weighted by Crippen LogP contribution is -2.46. The number of rotatable bonds is 7. The summed E-state index contributed by atoms with van der Waals surface area (Å²) in [5.74, 6) is -2.14. The van der Waals surface area contributed by atoms with Crippen LogP contribution in [0.3, 0.4) is 0 Å². The van der Waals surface area contributed by atoms with Crippen LogP contribution in [0.1, 0.15) is 47.8 Å². The number of carbonyl (C=O) groups excluding carboxylic acids is 4. The van der Waals surface area contributed by atoms with E-state index in [1.165, 1.54) is 6.07 Å². The summed E-state index contributed by atoms with van der Waals surface area (Å²) in [4.78, 5) is 48.8. The van der Waals surface area contributed by atoms with Gasteiger partial charge in [-0.1, -0.05) is 0 Å². The van der Waals surface area contributed by atoms with Crippen LogP contribution in [0.25, 0.3) is 0 Å². The third-order valence-corrected chi connectivity index (χ3v) is 5.42. The molecular weight excluding hydrogens is 369 g/mol. The number of hydrogen-bond acceptors (Lipinski definition) is 6. The highest BCUT2D eigenvalue weighted by Gasteiger charge is 2.42. The fourth-order valence-electron chi connectivity index (χ4n) is 3.85. The van der Waals surface area contributed by atoms with Gasteiger partial charge in [-0.3, -0.25) is 14.5 Å². The van der Waals surface area contributed by atoms with Crippen LogP contribution >= 0.6 is 0 Å². The quantitative estimate of drug-likeness (QED) is 0.654. The van der Waals surface area contributed by atoms with E-state index in [1.807, 2.05) is 0 Å². The Morgan fingerprint density at radius 1 is 1.32 bits per heavy atom. The summed E-state index contributed by atoms with van der Waals surface area (Å²) < 4.78 is 14.7. The number of aldehydes is 2. The summed E-state index contributed by atoms with van der Waals surface area (Å²) in [5.41, 5.74) is 5.72. The van der Waals surface area contributed by atoms with Gasteiger partial charge >= 0.3 is 0 Å². The first kappa shape index (κ1) is 19.9. The van der Waals surface area contributed by atoms with Gasteiger partial charge in [0.1, 0.15) is 24.4 Å². The largest absolute Gasteiger partial charge is 0.369 e. The standard InChI is InChI=1S/C19H22FN3O5/c20-14-8-12-13(9-16(14)22-5-3-11(10-25)4-6-22)19(28)23(18(12)27)15(17(21)26)2-1-7-24/h7-11,15,18,27H,1-6H2,(H2,21,26). The van der Waals surface area contributed by atoms with Crippen LogP contribution in [0.2, 0.25) is 0 Å². The van der Waals surface area contributed by atoms with E-state index in [0.717, 1.165) is 17.3 Å². The van der Waals surface area contributed by atoms with E-state index in [-0.39, 0.29) is 35.6 Å². The molecule has 3 rings (SSSR count). The average molecular weight is 391 g/mol. The Kier molecular flexibility index (Phi) is 5.73. The fourth-order valence-corrected chi connectivity index (χ4v) is 3.85. The van der Waals surface area contributed by atoms with Crippen molar-refractivity contribution in [1.82, 2.24) is 4.90 Å². The summed E-state index contributed by atoms with van der Waals surface area (Å²) in [7, 11) is 0. The van der Waals surface area contributed by atoms with Gasteiger partial charge < -0.3 is 25.3 Å². The van der Waals surface area contributed by atoms with Crippen molar-refractivity contribution in [2.24, 2.45) is 11.7 Å². The summed E-state index contributed by atoms with van der Waals surface area (Å²) in [5, 5.41) is 10.5. The number of amides is 2. The van der Waals surface area contributed by atoms with Crippen molar-refractivity contribution in [3.63, 3.8) is 0 Å². The molecule has 2 aliphatic heterocycles. The number of piperidine rings is 1. The van der Waals surface area contributed by atoms with E-state index >= 15 is 0 Å². The second-order valence-electron chi connectivity index (χ2n) is 7.10. The van der Waals surface area contributed by atoms with Crippen molar-refractivity contribution in [2.75, 3.05) is 18.0 Å². The molecule has 2 heterocycles. The van der Waals surface area contributed by atoms with Crippen LogP contribution < -0.4 is 10.6 Å². The van der Waals surface area contributed by atoms with Gasteiger partial charge in [-0.05, 0) is 31.4 Å². The molecule has 1 saturated heterocycles. The van der Waals surface area contributed by atoms with Crippen molar-refractivity contribution in [1.29, 1.82) is 0 Å². The van der Waals surface area contributed by atoms with E-state index in [0.29, 0.717) is 32.2 Å². The van der Waals surface area contributed by atoms with Crippen LogP contribution in [0, 0.1) is 11.7 Å². The van der Waals surface area contributed by atoms with E-state index in [4.69, 9.17) is 5.73 Å². The van der Waals surface area contributed by atoms with Crippen molar-refractivity contribution in [3.8, 4) is 0 Å². The summed E-state index contributed by atoms with van der Waals surface area (Å²) >= 11 is 0. The monoisotopic (exact) mass is 391 g/mol. The van der Waals surface area contributed by atoms with Crippen LogP contribution in [-0.2, 0) is 14.4 Å². The minimum atomic E-state index is -1.52. The molecule has 28 heavy (non-hydrogen) atoms. The van der Waals surface area contributed by atoms with Gasteiger partial charge in [-0.15, -0.1) is 0 Å². The van der Waals surface area contributed by atoms with Gasteiger partial charge in [0.05, 0.1) is 5.69 Å². The Hall–Kier alpha value is -2.81. The second-order valence-corrected chi connectivity index (χ2v) is 7.10. The topological polar surface area (TPSA) is 121 Å². The SMILES string of the molecule is NC(=O)C(CCC=O)N1C(=O)c2cc(N3CCC(C=O)CC3)c(F)cc2C1O. The summed E-state index contributed by atoms with van der Waals surface area (Å²) in [6.45, 7) is 0.950. The molecule has 0 aromatic heterocycles. The minimum Gasteiger partial charge on any atom is -0.369 e. The number of carbonyl (C=O) groups is 4. The molecule has 0 aliphatic carbocycles. The zero-order valence-corrected chi connectivity index (χ0v) is 15.2. The molecular formula is C19H22FN3O5. The number of aliphatic hydroxyl groups is 1. The Balaban J connectivity index is 1.90. The maximum Gasteiger partial charge on any atom is 0.257 e. The van der Waals surface area contributed by atoms with Gasteiger partial charge in [0, 0.05) is 36.6 Å². The molecule has 2 atom stereocenters. The average Bonchev–Trinajstić information content (AvgIpc) is 2.92. The molecule has 1 aromatic rings. The van der Waals surface area contributed by atoms with Gasteiger partial charge in [-0.25, -0.2) is 4.39 Å². The van der Waals surface area contributed by atoms with Crippen LogP contribution in [0.15, 0.2) is 12.1 Å². The lowest BCUT2D eigenvalue weighted by Gasteiger charge is -2.32. The Bertz CT molecular complexity index is 807. The molecule has 0 saturated carbocycles. The molecule has 8 nitrogen and oxygen atoms in total. The van der Waals surface area contributed by atoms with Crippen LogP contribution in [0.5, 0.6) is 0 Å². The first-order chi connectivity index (χ1) is 13.4. The van der Waals surface area contributed by atoms with E-state index in [1.54, 1.807) is 4.90 Å². The molecule has 9 heteroatoms. The smallest absolute Gasteiger partial charge is 0.257 e. The van der Waals surface area contributed by atoms with E-state index in [2.05, 4.69) is 0 Å². The number of halogens is 1. The van der Waals surface area contributed by atoms with Gasteiger partial charge in [0.15, 0.2) is 6.23 Å². The molecule has 2 aliphatic rings. The minimum absolute atomic E-state index is 0.00819. The number of aliphatic hydroxyl groups excluding tert-OH is 1. The molecule has 2 amide bonds. The third-order valence-electron chi connectivity index (χ3n) is 5.42. The number of hydrogen-bond donors (Lipinski definition) is 2. The number of benzene rings is 1. The zero-order valence-electron chi connectivity index (χ0n) is 15.2. The lowest BCUT2D eigenvalue weighted by atomic mass is 9.97. The molecule has 3 N–H and O–H groups in total. The third kappa shape index (κ3) is 3.49. The molecule has 0 spiro atoms. The van der Waals surface area contributed by atoms with E-state index in [9.17, 15) is 28.7 Å². The van der Waals surface area contributed by atoms with Crippen LogP contribution in [0.4, 0.5) is 10.1 Å². The predicted octanol–water partition coefficient (Wildman–Crippen LogP) is 0.521. The van der Waals surface area contributed by atoms with Gasteiger partial charge in [0.25, 0.3) is 5.91 Å². The first-order valence-electron chi connectivity index (χ1n) is 9.16. The van der Waals surface area contributed by atoms with Gasteiger partial charge in [-0.2, -0.15) is 0 Å². The maximum atomic E-state index is 14.7.